The van der Waals surface area contributed by atoms with E-state index in [1.165, 1.54) is 67.2 Å². The third-order valence-electron chi connectivity index (χ3n) is 11.9. The minimum absolute atomic E-state index is 0. The SMILES string of the molecule is C.C.C.C.C.C.C.COc1ccccc1C.Cc1ccc(-c2ccccc2)cc1.Cc1ccc(-c2csnn2)cc1.Cc1ccccc1.Cc1ccccc1Cl.Cc1ccccc1OCc1ccccc1.Cc1ccccc1OCc1ccccc1. The van der Waals surface area contributed by atoms with Gasteiger partial charge in [-0.15, -0.1) is 5.10 Å². The molecule has 11 aromatic rings. The number of benzene rings is 10. The van der Waals surface area contributed by atoms with E-state index in [0.29, 0.717) is 13.2 Å². The fraction of sp³-hybridized carbons (Fsp3) is 0.215. The van der Waals surface area contributed by atoms with E-state index in [1.54, 1.807) is 7.11 Å². The zero-order valence-electron chi connectivity index (χ0n) is 46.8. The largest absolute Gasteiger partial charge is 0.496 e. The van der Waals surface area contributed by atoms with E-state index in [9.17, 15) is 0 Å². The minimum Gasteiger partial charge on any atom is -0.496 e. The number of nitrogens with zero attached hydrogens (tertiary/aromatic N) is 2. The van der Waals surface area contributed by atoms with E-state index < -0.39 is 0 Å². The molecule has 0 saturated heterocycles. The van der Waals surface area contributed by atoms with Crippen molar-refractivity contribution in [2.45, 2.75) is 114 Å². The van der Waals surface area contributed by atoms with Gasteiger partial charge in [-0.3, -0.25) is 0 Å². The zero-order valence-corrected chi connectivity index (χ0v) is 48.4. The topological polar surface area (TPSA) is 53.5 Å². The van der Waals surface area contributed by atoms with Crippen molar-refractivity contribution in [1.82, 2.24) is 9.59 Å². The summed E-state index contributed by atoms with van der Waals surface area (Å²) in [5.41, 5.74) is 15.6. The fourth-order valence-electron chi connectivity index (χ4n) is 7.17. The van der Waals surface area contributed by atoms with Crippen molar-refractivity contribution < 1.29 is 14.2 Å². The lowest BCUT2D eigenvalue weighted by Crippen LogP contribution is -1.96. The minimum atomic E-state index is 0. The van der Waals surface area contributed by atoms with Gasteiger partial charge in [0.2, 0.25) is 0 Å². The number of aromatic nitrogens is 2. The highest BCUT2D eigenvalue weighted by molar-refractivity contribution is 7.03. The van der Waals surface area contributed by atoms with Gasteiger partial charge in [0.25, 0.3) is 0 Å². The Labute approximate surface area is 531 Å². The summed E-state index contributed by atoms with van der Waals surface area (Å²) >= 11 is 7.09. The molecule has 0 unspecified atom stereocenters. The zero-order chi connectivity index (χ0) is 56.3. The number of para-hydroxylation sites is 3. The van der Waals surface area contributed by atoms with Gasteiger partial charge in [-0.25, -0.2) is 0 Å². The van der Waals surface area contributed by atoms with Crippen molar-refractivity contribution in [2.24, 2.45) is 0 Å². The third kappa shape index (κ3) is 31.9. The van der Waals surface area contributed by atoms with Crippen molar-refractivity contribution in [3.63, 3.8) is 0 Å². The maximum atomic E-state index is 5.72. The van der Waals surface area contributed by atoms with E-state index in [4.69, 9.17) is 25.8 Å². The Morgan fingerprint density at radius 2 is 0.640 bits per heavy atom. The van der Waals surface area contributed by atoms with Gasteiger partial charge in [-0.05, 0) is 129 Å². The summed E-state index contributed by atoms with van der Waals surface area (Å²) < 4.78 is 20.3. The highest BCUT2D eigenvalue weighted by atomic mass is 35.5. The van der Waals surface area contributed by atoms with E-state index in [-0.39, 0.29) is 52.0 Å². The molecule has 1 heterocycles. The van der Waals surface area contributed by atoms with E-state index in [2.05, 4.69) is 166 Å². The molecule has 11 rings (SSSR count). The van der Waals surface area contributed by atoms with Crippen molar-refractivity contribution in [3.05, 3.63) is 327 Å². The number of hydrogen-bond donors (Lipinski definition) is 0. The number of aryl methyl sites for hydroxylation is 7. The van der Waals surface area contributed by atoms with Crippen molar-refractivity contribution in [1.29, 1.82) is 0 Å². The fourth-order valence-corrected chi connectivity index (χ4v) is 7.77. The lowest BCUT2D eigenvalue weighted by molar-refractivity contribution is 0.304. The Morgan fingerprint density at radius 3 is 0.953 bits per heavy atom. The van der Waals surface area contributed by atoms with Crippen LogP contribution in [0.25, 0.3) is 22.4 Å². The lowest BCUT2D eigenvalue weighted by atomic mass is 10.0. The van der Waals surface area contributed by atoms with Gasteiger partial charge in [0.1, 0.15) is 36.2 Å². The standard InChI is InChI=1S/2C14H14O.C13H12.C9H8N2S.C8H10O.C7H7Cl.C7H8.7CH4/c2*1-12-7-5-6-10-14(12)15-11-13-8-3-2-4-9-13;1-11-7-9-13(10-8-11)12-5-3-2-4-6-12;1-7-2-4-8(5-3-7)9-6-12-11-10-9;1-7-5-3-4-6-8(7)9-2;1-6-4-2-3-5-7(6)8;1-7-5-3-2-4-6-7;;;;;;;/h2*2-10H,11H2,1H3;2-10H,1H3;2-6H,1H3;3-6H,1-2H3;2-5H,1H3;2-6H,1H3;7*1H4. The summed E-state index contributed by atoms with van der Waals surface area (Å²) in [7, 11) is 1.68. The van der Waals surface area contributed by atoms with Gasteiger partial charge in [-0.1, -0.05) is 327 Å². The van der Waals surface area contributed by atoms with Crippen LogP contribution in [0.15, 0.2) is 272 Å². The Hall–Kier alpha value is -8.55. The van der Waals surface area contributed by atoms with Crippen molar-refractivity contribution in [3.8, 4) is 39.6 Å². The molecular weight excluding hydrogens is 1090 g/mol. The third-order valence-corrected chi connectivity index (χ3v) is 12.8. The molecule has 7 heteroatoms. The predicted molar refractivity (Wildman–Crippen MR) is 383 cm³/mol. The number of rotatable bonds is 9. The van der Waals surface area contributed by atoms with Gasteiger partial charge in [0.05, 0.1) is 7.11 Å². The molecule has 0 atom stereocenters. The summed E-state index contributed by atoms with van der Waals surface area (Å²) in [6.45, 7) is 15.6. The molecule has 0 aliphatic heterocycles. The van der Waals surface area contributed by atoms with Crippen LogP contribution >= 0.6 is 23.1 Å². The summed E-state index contributed by atoms with van der Waals surface area (Å²) in [6, 6.07) is 89.8. The molecule has 0 saturated carbocycles. The van der Waals surface area contributed by atoms with Gasteiger partial charge in [0.15, 0.2) is 0 Å². The van der Waals surface area contributed by atoms with E-state index >= 15 is 0 Å². The first-order valence-electron chi connectivity index (χ1n) is 26.2. The Balaban J connectivity index is -0.000000935. The second-order valence-corrected chi connectivity index (χ2v) is 19.4. The molecule has 86 heavy (non-hydrogen) atoms. The molecule has 0 spiro atoms. The van der Waals surface area contributed by atoms with Crippen LogP contribution in [0.3, 0.4) is 0 Å². The summed E-state index contributed by atoms with van der Waals surface area (Å²) in [4.78, 5) is 0. The van der Waals surface area contributed by atoms with Gasteiger partial charge < -0.3 is 14.2 Å². The van der Waals surface area contributed by atoms with Crippen molar-refractivity contribution in [2.75, 3.05) is 7.11 Å². The average molecular weight is 1190 g/mol. The maximum absolute atomic E-state index is 5.72. The number of methoxy groups -OCH3 is 1. The van der Waals surface area contributed by atoms with E-state index in [0.717, 1.165) is 39.1 Å². The molecule has 0 bridgehead atoms. The van der Waals surface area contributed by atoms with Crippen LogP contribution in [0.1, 0.15) is 102 Å². The molecule has 10 aromatic carbocycles. The Morgan fingerprint density at radius 1 is 0.326 bits per heavy atom. The predicted octanol–water partition coefficient (Wildman–Crippen LogP) is 24.4. The van der Waals surface area contributed by atoms with Crippen LogP contribution in [0, 0.1) is 48.5 Å². The smallest absolute Gasteiger partial charge is 0.122 e. The van der Waals surface area contributed by atoms with Crippen LogP contribution in [0.2, 0.25) is 5.02 Å². The van der Waals surface area contributed by atoms with Gasteiger partial charge >= 0.3 is 0 Å². The van der Waals surface area contributed by atoms with Crippen LogP contribution in [0.5, 0.6) is 17.2 Å². The normalized spacial score (nSPS) is 8.90. The first-order chi connectivity index (χ1) is 38.5. The molecule has 5 nitrogen and oxygen atoms in total. The second-order valence-electron chi connectivity index (χ2n) is 18.3. The molecule has 0 N–H and O–H groups in total. The molecule has 458 valence electrons. The first kappa shape index (κ1) is 81.7. The number of ether oxygens (including phenoxy) is 3. The highest BCUT2D eigenvalue weighted by Crippen LogP contribution is 2.22. The Bertz CT molecular complexity index is 3220. The Kier molecular flexibility index (Phi) is 45.4. The van der Waals surface area contributed by atoms with Crippen LogP contribution in [-0.2, 0) is 13.2 Å². The van der Waals surface area contributed by atoms with Crippen LogP contribution in [0.4, 0.5) is 0 Å². The monoisotopic (exact) mass is 1190 g/mol. The number of halogens is 1. The van der Waals surface area contributed by atoms with Crippen LogP contribution in [-0.4, -0.2) is 16.7 Å². The van der Waals surface area contributed by atoms with Gasteiger partial charge in [0, 0.05) is 16.0 Å². The molecule has 0 fully saturated rings. The maximum Gasteiger partial charge on any atom is 0.122 e. The molecule has 0 radical (unpaired) electrons. The number of hydrogen-bond acceptors (Lipinski definition) is 6. The second kappa shape index (κ2) is 47.8. The molecule has 1 aromatic heterocycles. The quantitative estimate of drug-likeness (QED) is 0.144. The van der Waals surface area contributed by atoms with Gasteiger partial charge in [-0.2, -0.15) is 0 Å². The summed E-state index contributed by atoms with van der Waals surface area (Å²) in [5.74, 6) is 2.88. The molecule has 0 amide bonds. The lowest BCUT2D eigenvalue weighted by Gasteiger charge is -2.08. The summed E-state index contributed by atoms with van der Waals surface area (Å²) in [5, 5.41) is 6.77. The molecule has 0 aliphatic carbocycles. The molecule has 0 aliphatic rings. The first-order valence-corrected chi connectivity index (χ1v) is 27.4. The van der Waals surface area contributed by atoms with Crippen molar-refractivity contribution >= 4 is 23.1 Å². The van der Waals surface area contributed by atoms with E-state index in [1.807, 2.05) is 165 Å². The highest BCUT2D eigenvalue weighted by Gasteiger charge is 2.01. The average Bonchev–Trinajstić information content (AvgIpc) is 4.04. The molecular formula is C79H101ClN2O3S. The summed E-state index contributed by atoms with van der Waals surface area (Å²) in [6.07, 6.45) is 0. The van der Waals surface area contributed by atoms with Crippen LogP contribution < -0.4 is 14.2 Å².